The number of thiazole rings is 1. The summed E-state index contributed by atoms with van der Waals surface area (Å²) in [6, 6.07) is 21.9. The van der Waals surface area contributed by atoms with Crippen molar-refractivity contribution in [3.8, 4) is 11.3 Å². The first-order chi connectivity index (χ1) is 20.7. The molecule has 6 rings (SSSR count). The Bertz CT molecular complexity index is 2110. The molecule has 1 unspecified atom stereocenters. The van der Waals surface area contributed by atoms with Gasteiger partial charge in [-0.3, -0.25) is 24.3 Å². The molecule has 0 saturated heterocycles. The van der Waals surface area contributed by atoms with E-state index in [1.807, 2.05) is 6.07 Å². The predicted molar refractivity (Wildman–Crippen MR) is 161 cm³/mol. The van der Waals surface area contributed by atoms with Crippen molar-refractivity contribution in [2.45, 2.75) is 19.9 Å². The van der Waals surface area contributed by atoms with Crippen molar-refractivity contribution in [1.82, 2.24) is 4.57 Å². The monoisotopic (exact) mass is 594 g/mol. The molecule has 0 radical (unpaired) electrons. The summed E-state index contributed by atoms with van der Waals surface area (Å²) in [5.41, 5.74) is 2.45. The zero-order valence-electron chi connectivity index (χ0n) is 22.9. The molecule has 1 aliphatic heterocycles. The molecular weight excluding hydrogens is 571 g/mol. The van der Waals surface area contributed by atoms with Gasteiger partial charge >= 0.3 is 0 Å². The Balaban J connectivity index is 1.43. The lowest BCUT2D eigenvalue weighted by atomic mass is 9.95. The first-order valence-corrected chi connectivity index (χ1v) is 14.0. The van der Waals surface area contributed by atoms with Crippen LogP contribution in [0.5, 0.6) is 0 Å². The fourth-order valence-electron chi connectivity index (χ4n) is 4.97. The Labute approximate surface area is 247 Å². The van der Waals surface area contributed by atoms with Crippen LogP contribution in [-0.4, -0.2) is 15.4 Å². The Kier molecular flexibility index (Phi) is 7.16. The van der Waals surface area contributed by atoms with Gasteiger partial charge in [-0.25, -0.2) is 9.38 Å². The summed E-state index contributed by atoms with van der Waals surface area (Å²) < 4.78 is 21.6. The van der Waals surface area contributed by atoms with E-state index in [4.69, 9.17) is 4.42 Å². The van der Waals surface area contributed by atoms with Crippen LogP contribution in [0.1, 0.15) is 29.9 Å². The fraction of sp³-hybridized carbons (Fsp3) is 0.0938. The predicted octanol–water partition coefficient (Wildman–Crippen LogP) is 5.49. The number of halogens is 1. The maximum Gasteiger partial charge on any atom is 0.273 e. The molecular formula is C32H23FN4O5S. The molecule has 0 aliphatic carbocycles. The lowest BCUT2D eigenvalue weighted by Crippen LogP contribution is -2.40. The lowest BCUT2D eigenvalue weighted by Gasteiger charge is -2.25. The molecule has 1 aliphatic rings. The second-order valence-electron chi connectivity index (χ2n) is 9.91. The van der Waals surface area contributed by atoms with Gasteiger partial charge in [-0.15, -0.1) is 0 Å². The van der Waals surface area contributed by atoms with Gasteiger partial charge in [0.25, 0.3) is 17.2 Å². The van der Waals surface area contributed by atoms with Crippen LogP contribution in [-0.2, 0) is 4.79 Å². The van der Waals surface area contributed by atoms with Crippen molar-refractivity contribution < 1.29 is 18.5 Å². The van der Waals surface area contributed by atoms with Crippen LogP contribution in [0.25, 0.3) is 17.4 Å². The number of nitro benzene ring substituents is 1. The summed E-state index contributed by atoms with van der Waals surface area (Å²) in [5.74, 6) is -0.111. The number of furan rings is 1. The SMILES string of the molecule is CC1=C(C(=O)Nc2ccccc2)C(c2ccc(F)cc2)n2c(s/c(=C\c3ccc(-c4ccc(C)c([N+](=O)[O-])c4)o3)c2=O)=N1. The van der Waals surface area contributed by atoms with Gasteiger partial charge in [0.1, 0.15) is 17.3 Å². The van der Waals surface area contributed by atoms with Crippen LogP contribution in [0.15, 0.2) is 110 Å². The fourth-order valence-corrected chi connectivity index (χ4v) is 5.99. The molecule has 9 nitrogen and oxygen atoms in total. The van der Waals surface area contributed by atoms with Crippen LogP contribution >= 0.6 is 11.3 Å². The van der Waals surface area contributed by atoms with Crippen molar-refractivity contribution in [3.05, 3.63) is 149 Å². The summed E-state index contributed by atoms with van der Waals surface area (Å²) in [5, 5.41) is 14.3. The Hall–Kier alpha value is -5.42. The number of carbonyl (C=O) groups excluding carboxylic acids is 1. The smallest absolute Gasteiger partial charge is 0.273 e. The summed E-state index contributed by atoms with van der Waals surface area (Å²) >= 11 is 1.13. The highest BCUT2D eigenvalue weighted by Crippen LogP contribution is 2.31. The van der Waals surface area contributed by atoms with Crippen molar-refractivity contribution in [3.63, 3.8) is 0 Å². The van der Waals surface area contributed by atoms with Crippen molar-refractivity contribution in [2.75, 3.05) is 5.32 Å². The topological polar surface area (TPSA) is 120 Å². The highest BCUT2D eigenvalue weighted by atomic mass is 32.1. The minimum atomic E-state index is -0.858. The van der Waals surface area contributed by atoms with E-state index in [0.717, 1.165) is 11.3 Å². The molecule has 0 spiro atoms. The largest absolute Gasteiger partial charge is 0.457 e. The molecule has 0 bridgehead atoms. The summed E-state index contributed by atoms with van der Waals surface area (Å²) in [6.07, 6.45) is 1.57. The first-order valence-electron chi connectivity index (χ1n) is 13.2. The summed E-state index contributed by atoms with van der Waals surface area (Å²) in [4.78, 5) is 43.4. The number of allylic oxidation sites excluding steroid dienone is 1. The van der Waals surface area contributed by atoms with Crippen LogP contribution in [0.2, 0.25) is 0 Å². The quantitative estimate of drug-likeness (QED) is 0.206. The number of fused-ring (bicyclic) bond motifs is 1. The minimum Gasteiger partial charge on any atom is -0.457 e. The van der Waals surface area contributed by atoms with Gasteiger partial charge in [-0.05, 0) is 55.8 Å². The molecule has 214 valence electrons. The molecule has 2 aromatic heterocycles. The lowest BCUT2D eigenvalue weighted by molar-refractivity contribution is -0.385. The third-order valence-electron chi connectivity index (χ3n) is 7.07. The second kappa shape index (κ2) is 11.1. The number of hydrogen-bond acceptors (Lipinski definition) is 7. The van der Waals surface area contributed by atoms with Crippen molar-refractivity contribution in [2.24, 2.45) is 4.99 Å². The third kappa shape index (κ3) is 5.33. The van der Waals surface area contributed by atoms with Crippen molar-refractivity contribution >= 4 is 34.7 Å². The molecule has 1 atom stereocenters. The highest BCUT2D eigenvalue weighted by molar-refractivity contribution is 7.07. The minimum absolute atomic E-state index is 0.0213. The Morgan fingerprint density at radius 2 is 1.81 bits per heavy atom. The molecule has 1 amide bonds. The van der Waals surface area contributed by atoms with E-state index in [9.17, 15) is 24.1 Å². The molecule has 0 saturated carbocycles. The van der Waals surface area contributed by atoms with Gasteiger partial charge in [0.15, 0.2) is 4.80 Å². The second-order valence-corrected chi connectivity index (χ2v) is 10.9. The average molecular weight is 595 g/mol. The first kappa shape index (κ1) is 27.7. The molecule has 11 heteroatoms. The van der Waals surface area contributed by atoms with Gasteiger partial charge in [0, 0.05) is 29.0 Å². The van der Waals surface area contributed by atoms with Gasteiger partial charge in [-0.2, -0.15) is 0 Å². The number of para-hydroxylation sites is 1. The summed E-state index contributed by atoms with van der Waals surface area (Å²) in [6.45, 7) is 3.36. The normalized spacial score (nSPS) is 14.8. The number of rotatable bonds is 6. The number of nitrogens with one attached hydrogen (secondary N) is 1. The van der Waals surface area contributed by atoms with Gasteiger partial charge < -0.3 is 9.73 Å². The van der Waals surface area contributed by atoms with E-state index in [1.54, 1.807) is 80.6 Å². The number of nitrogens with zero attached hydrogens (tertiary/aromatic N) is 3. The number of nitro groups is 1. The van der Waals surface area contributed by atoms with Gasteiger partial charge in [0.05, 0.1) is 26.8 Å². The van der Waals surface area contributed by atoms with Crippen LogP contribution < -0.4 is 20.2 Å². The molecule has 0 fully saturated rings. The van der Waals surface area contributed by atoms with E-state index >= 15 is 0 Å². The van der Waals surface area contributed by atoms with Gasteiger partial charge in [0.2, 0.25) is 0 Å². The van der Waals surface area contributed by atoms with Crippen LogP contribution in [0.3, 0.4) is 0 Å². The number of carbonyl (C=O) groups is 1. The zero-order chi connectivity index (χ0) is 30.2. The average Bonchev–Trinajstić information content (AvgIpc) is 3.57. The standard InChI is InChI=1S/C32H23FN4O5S/c1-18-8-9-21(16-25(18)37(40)41)26-15-14-24(42-26)17-27-31(39)36-29(20-10-12-22(33)13-11-20)28(19(2)34-32(36)43-27)30(38)35-23-6-4-3-5-7-23/h3-17,29H,1-2H3,(H,35,38)/b27-17-. The summed E-state index contributed by atoms with van der Waals surface area (Å²) in [7, 11) is 0. The molecule has 3 aromatic carbocycles. The van der Waals surface area contributed by atoms with Crippen LogP contribution in [0.4, 0.5) is 15.8 Å². The van der Waals surface area contributed by atoms with Crippen LogP contribution in [0, 0.1) is 22.9 Å². The number of amides is 1. The van der Waals surface area contributed by atoms with Crippen molar-refractivity contribution in [1.29, 1.82) is 0 Å². The maximum atomic E-state index is 13.9. The van der Waals surface area contributed by atoms with Gasteiger partial charge in [-0.1, -0.05) is 53.8 Å². The number of anilines is 1. The maximum absolute atomic E-state index is 13.9. The third-order valence-corrected chi connectivity index (χ3v) is 8.06. The molecule has 5 aromatic rings. The molecule has 3 heterocycles. The Morgan fingerprint density at radius 3 is 2.53 bits per heavy atom. The zero-order valence-corrected chi connectivity index (χ0v) is 23.7. The van der Waals surface area contributed by atoms with E-state index in [1.165, 1.54) is 22.8 Å². The van der Waals surface area contributed by atoms with E-state index < -0.39 is 28.2 Å². The Morgan fingerprint density at radius 1 is 1.07 bits per heavy atom. The van der Waals surface area contributed by atoms with E-state index in [2.05, 4.69) is 10.3 Å². The number of benzene rings is 3. The van der Waals surface area contributed by atoms with E-state index in [-0.39, 0.29) is 11.3 Å². The van der Waals surface area contributed by atoms with E-state index in [0.29, 0.717) is 48.9 Å². The number of aromatic nitrogens is 1. The molecule has 1 N–H and O–H groups in total. The number of hydrogen-bond donors (Lipinski definition) is 1. The number of aryl methyl sites for hydroxylation is 1. The molecule has 43 heavy (non-hydrogen) atoms. The highest BCUT2D eigenvalue weighted by Gasteiger charge is 2.32.